The summed E-state index contributed by atoms with van der Waals surface area (Å²) in [4.78, 5) is 1.24. The average Bonchev–Trinajstić information content (AvgIpc) is 2.77. The summed E-state index contributed by atoms with van der Waals surface area (Å²) in [5, 5.41) is 12.0. The maximum Gasteiger partial charge on any atom is 0.0592 e. The minimum atomic E-state index is -0.220. The monoisotopic (exact) mass is 290 g/mol. The van der Waals surface area contributed by atoms with Crippen LogP contribution in [-0.4, -0.2) is 24.4 Å². The molecule has 1 aliphatic rings. The lowest BCUT2D eigenvalue weighted by atomic mass is 9.99. The van der Waals surface area contributed by atoms with E-state index in [0.717, 1.165) is 36.9 Å². The molecule has 2 unspecified atom stereocenters. The van der Waals surface area contributed by atoms with Crippen LogP contribution in [-0.2, 0) is 11.2 Å². The SMILES string of the molecule is OC(Cc1cc(Br)cs1)CC1CCOC1. The third-order valence-electron chi connectivity index (χ3n) is 2.69. The Hall–Kier alpha value is 0.1000. The van der Waals surface area contributed by atoms with Crippen molar-refractivity contribution >= 4 is 27.3 Å². The number of hydrogen-bond acceptors (Lipinski definition) is 3. The largest absolute Gasteiger partial charge is 0.393 e. The summed E-state index contributed by atoms with van der Waals surface area (Å²) in [5.74, 6) is 0.559. The molecule has 1 aliphatic heterocycles. The quantitative estimate of drug-likeness (QED) is 0.924. The Bertz CT molecular complexity index is 307. The van der Waals surface area contributed by atoms with Gasteiger partial charge in [0.2, 0.25) is 0 Å². The molecule has 2 atom stereocenters. The van der Waals surface area contributed by atoms with Gasteiger partial charge in [0.05, 0.1) is 6.10 Å². The number of hydrogen-bond donors (Lipinski definition) is 1. The number of ether oxygens (including phenoxy) is 1. The lowest BCUT2D eigenvalue weighted by Crippen LogP contribution is -2.15. The maximum absolute atomic E-state index is 9.91. The Balaban J connectivity index is 1.78. The summed E-state index contributed by atoms with van der Waals surface area (Å²) >= 11 is 5.12. The van der Waals surface area contributed by atoms with Crippen molar-refractivity contribution in [1.82, 2.24) is 0 Å². The van der Waals surface area contributed by atoms with Gasteiger partial charge in [-0.25, -0.2) is 0 Å². The summed E-state index contributed by atoms with van der Waals surface area (Å²) in [6.45, 7) is 1.69. The molecular weight excluding hydrogens is 276 g/mol. The van der Waals surface area contributed by atoms with Crippen LogP contribution in [0.3, 0.4) is 0 Å². The Morgan fingerprint density at radius 1 is 1.67 bits per heavy atom. The van der Waals surface area contributed by atoms with E-state index >= 15 is 0 Å². The van der Waals surface area contributed by atoms with E-state index in [4.69, 9.17) is 4.74 Å². The molecule has 84 valence electrons. The van der Waals surface area contributed by atoms with Gasteiger partial charge in [-0.15, -0.1) is 11.3 Å². The summed E-state index contributed by atoms with van der Waals surface area (Å²) in [6.07, 6.45) is 2.52. The molecule has 0 aliphatic carbocycles. The highest BCUT2D eigenvalue weighted by Crippen LogP contribution is 2.24. The van der Waals surface area contributed by atoms with E-state index in [9.17, 15) is 5.11 Å². The third kappa shape index (κ3) is 3.55. The second-order valence-corrected chi connectivity index (χ2v) is 5.97. The molecule has 1 aromatic rings. The Kier molecular flexibility index (Phi) is 4.20. The van der Waals surface area contributed by atoms with Crippen LogP contribution in [0.1, 0.15) is 17.7 Å². The van der Waals surface area contributed by atoms with Crippen molar-refractivity contribution in [2.75, 3.05) is 13.2 Å². The fraction of sp³-hybridized carbons (Fsp3) is 0.636. The van der Waals surface area contributed by atoms with Crippen molar-refractivity contribution in [1.29, 1.82) is 0 Å². The van der Waals surface area contributed by atoms with Crippen molar-refractivity contribution < 1.29 is 9.84 Å². The molecule has 1 N–H and O–H groups in total. The third-order valence-corrected chi connectivity index (χ3v) is 4.41. The van der Waals surface area contributed by atoms with Crippen LogP contribution < -0.4 is 0 Å². The van der Waals surface area contributed by atoms with Crippen molar-refractivity contribution in [3.05, 3.63) is 20.8 Å². The first kappa shape index (κ1) is 11.6. The molecule has 2 heterocycles. The molecule has 0 saturated carbocycles. The number of rotatable bonds is 4. The van der Waals surface area contributed by atoms with Crippen LogP contribution in [0.15, 0.2) is 15.9 Å². The summed E-state index contributed by atoms with van der Waals surface area (Å²) in [6, 6.07) is 2.08. The van der Waals surface area contributed by atoms with E-state index in [1.165, 1.54) is 4.88 Å². The predicted molar refractivity (Wildman–Crippen MR) is 65.3 cm³/mol. The minimum absolute atomic E-state index is 0.220. The van der Waals surface area contributed by atoms with E-state index in [1.807, 2.05) is 0 Å². The molecule has 2 rings (SSSR count). The molecule has 1 saturated heterocycles. The summed E-state index contributed by atoms with van der Waals surface area (Å²) in [7, 11) is 0. The van der Waals surface area contributed by atoms with Gasteiger partial charge in [-0.3, -0.25) is 0 Å². The first-order chi connectivity index (χ1) is 7.24. The topological polar surface area (TPSA) is 29.5 Å². The fourth-order valence-electron chi connectivity index (χ4n) is 1.93. The smallest absolute Gasteiger partial charge is 0.0592 e. The van der Waals surface area contributed by atoms with Gasteiger partial charge < -0.3 is 9.84 Å². The molecule has 0 radical (unpaired) electrons. The van der Waals surface area contributed by atoms with Crippen LogP contribution in [0.4, 0.5) is 0 Å². The highest BCUT2D eigenvalue weighted by atomic mass is 79.9. The van der Waals surface area contributed by atoms with Crippen molar-refractivity contribution in [2.24, 2.45) is 5.92 Å². The standard InChI is InChI=1S/C11H15BrO2S/c12-9-4-11(15-7-9)5-10(13)3-8-1-2-14-6-8/h4,7-8,10,13H,1-3,5-6H2. The molecule has 0 aromatic carbocycles. The number of halogens is 1. The zero-order chi connectivity index (χ0) is 10.7. The lowest BCUT2D eigenvalue weighted by Gasteiger charge is -2.13. The highest BCUT2D eigenvalue weighted by Gasteiger charge is 2.19. The van der Waals surface area contributed by atoms with Crippen molar-refractivity contribution in [3.63, 3.8) is 0 Å². The number of aliphatic hydroxyl groups is 1. The number of aliphatic hydroxyl groups excluding tert-OH is 1. The summed E-state index contributed by atoms with van der Waals surface area (Å²) in [5.41, 5.74) is 0. The Morgan fingerprint density at radius 3 is 3.13 bits per heavy atom. The molecule has 0 spiro atoms. The van der Waals surface area contributed by atoms with E-state index in [-0.39, 0.29) is 6.10 Å². The van der Waals surface area contributed by atoms with Crippen molar-refractivity contribution in [3.8, 4) is 0 Å². The van der Waals surface area contributed by atoms with Gasteiger partial charge in [0, 0.05) is 34.4 Å². The van der Waals surface area contributed by atoms with E-state index < -0.39 is 0 Å². The molecular formula is C11H15BrO2S. The average molecular weight is 291 g/mol. The molecule has 0 bridgehead atoms. The summed E-state index contributed by atoms with van der Waals surface area (Å²) < 4.78 is 6.41. The zero-order valence-corrected chi connectivity index (χ0v) is 10.9. The Labute approximate surface area is 102 Å². The van der Waals surface area contributed by atoms with Gasteiger partial charge in [0.15, 0.2) is 0 Å². The van der Waals surface area contributed by atoms with Gasteiger partial charge in [-0.1, -0.05) is 0 Å². The van der Waals surface area contributed by atoms with Gasteiger partial charge >= 0.3 is 0 Å². The van der Waals surface area contributed by atoms with Gasteiger partial charge in [0.25, 0.3) is 0 Å². The molecule has 1 fully saturated rings. The maximum atomic E-state index is 9.91. The molecule has 4 heteroatoms. The van der Waals surface area contributed by atoms with Gasteiger partial charge in [0.1, 0.15) is 0 Å². The molecule has 2 nitrogen and oxygen atoms in total. The van der Waals surface area contributed by atoms with Crippen molar-refractivity contribution in [2.45, 2.75) is 25.4 Å². The minimum Gasteiger partial charge on any atom is -0.393 e. The lowest BCUT2D eigenvalue weighted by molar-refractivity contribution is 0.129. The van der Waals surface area contributed by atoms with E-state index in [0.29, 0.717) is 5.92 Å². The van der Waals surface area contributed by atoms with E-state index in [2.05, 4.69) is 27.4 Å². The van der Waals surface area contributed by atoms with E-state index in [1.54, 1.807) is 11.3 Å². The fourth-order valence-corrected chi connectivity index (χ4v) is 3.45. The van der Waals surface area contributed by atoms with Gasteiger partial charge in [-0.05, 0) is 40.8 Å². The molecule has 1 aromatic heterocycles. The van der Waals surface area contributed by atoms with Crippen LogP contribution >= 0.6 is 27.3 Å². The zero-order valence-electron chi connectivity index (χ0n) is 8.49. The van der Waals surface area contributed by atoms with Crippen LogP contribution in [0, 0.1) is 5.92 Å². The van der Waals surface area contributed by atoms with Gasteiger partial charge in [-0.2, -0.15) is 0 Å². The Morgan fingerprint density at radius 2 is 2.53 bits per heavy atom. The first-order valence-electron chi connectivity index (χ1n) is 5.23. The molecule has 15 heavy (non-hydrogen) atoms. The van der Waals surface area contributed by atoms with Crippen LogP contribution in [0.25, 0.3) is 0 Å². The predicted octanol–water partition coefficient (Wildman–Crippen LogP) is 2.84. The number of thiophene rings is 1. The van der Waals surface area contributed by atoms with Crippen LogP contribution in [0.2, 0.25) is 0 Å². The normalized spacial score (nSPS) is 23.2. The van der Waals surface area contributed by atoms with Crippen LogP contribution in [0.5, 0.6) is 0 Å². The second-order valence-electron chi connectivity index (χ2n) is 4.05. The highest BCUT2D eigenvalue weighted by molar-refractivity contribution is 9.10. The first-order valence-corrected chi connectivity index (χ1v) is 6.90. The second kappa shape index (κ2) is 5.43. The molecule has 0 amide bonds.